The second kappa shape index (κ2) is 4.15. The number of nitrogens with one attached hydrogen (secondary N) is 2. The highest BCUT2D eigenvalue weighted by Crippen LogP contribution is 1.70. The van der Waals surface area contributed by atoms with Gasteiger partial charge in [-0.05, 0) is 0 Å². The Labute approximate surface area is 62.1 Å². The van der Waals surface area contributed by atoms with Crippen LogP contribution in [-0.4, -0.2) is 29.4 Å². The van der Waals surface area contributed by atoms with E-state index < -0.39 is 17.5 Å². The molecule has 7 heteroatoms. The zero-order chi connectivity index (χ0) is 8.85. The molecule has 0 radical (unpaired) electrons. The van der Waals surface area contributed by atoms with Crippen molar-refractivity contribution in [3.63, 3.8) is 0 Å². The van der Waals surface area contributed by atoms with Gasteiger partial charge in [-0.1, -0.05) is 0 Å². The van der Waals surface area contributed by atoms with Crippen molar-refractivity contribution < 1.29 is 14.4 Å². The predicted octanol–water partition coefficient (Wildman–Crippen LogP) is -2.61. The Kier molecular flexibility index (Phi) is 3.50. The third-order valence-corrected chi connectivity index (χ3v) is 0.888. The number of amides is 2. The molecule has 4 N–H and O–H groups in total. The predicted molar refractivity (Wildman–Crippen MR) is 35.0 cm³/mol. The molecule has 0 rings (SSSR count). The van der Waals surface area contributed by atoms with Crippen molar-refractivity contribution in [1.82, 2.24) is 10.7 Å². The molecular weight excluding hydrogens is 150 g/mol. The molecule has 0 bridgehead atoms. The Morgan fingerprint density at radius 2 is 2.00 bits per heavy atom. The molecule has 0 heterocycles. The number of nitrogens with two attached hydrogens (primary N) is 1. The van der Waals surface area contributed by atoms with Gasteiger partial charge in [0, 0.05) is 7.05 Å². The summed E-state index contributed by atoms with van der Waals surface area (Å²) >= 11 is 0. The summed E-state index contributed by atoms with van der Waals surface area (Å²) < 4.78 is 0. The molecule has 2 amide bonds. The summed E-state index contributed by atoms with van der Waals surface area (Å²) in [6.07, 6.45) is 0. The van der Waals surface area contributed by atoms with Crippen molar-refractivity contribution in [1.29, 1.82) is 0 Å². The maximum atomic E-state index is 10.6. The lowest BCUT2D eigenvalue weighted by Crippen LogP contribution is -2.44. The van der Waals surface area contributed by atoms with Gasteiger partial charge in [0.1, 0.15) is 0 Å². The fourth-order valence-electron chi connectivity index (χ4n) is 0.381. The van der Waals surface area contributed by atoms with Crippen LogP contribution in [0.3, 0.4) is 0 Å². The molecule has 11 heavy (non-hydrogen) atoms. The largest absolute Gasteiger partial charge is 0.444 e. The molecule has 0 aromatic carbocycles. The summed E-state index contributed by atoms with van der Waals surface area (Å²) in [5, 5.41) is 2.09. The number of nitrogens with zero attached hydrogens (tertiary/aromatic N) is 2. The first kappa shape index (κ1) is 9.28. The lowest BCUT2D eigenvalue weighted by Gasteiger charge is -1.91. The first-order valence-electron chi connectivity index (χ1n) is 2.62. The maximum absolute atomic E-state index is 10.6. The van der Waals surface area contributed by atoms with E-state index in [-0.39, 0.29) is 0 Å². The molecule has 0 saturated carbocycles. The summed E-state index contributed by atoms with van der Waals surface area (Å²) in [5.74, 6) is 2.91. The van der Waals surface area contributed by atoms with Gasteiger partial charge in [0.15, 0.2) is 0 Å². The van der Waals surface area contributed by atoms with Crippen molar-refractivity contribution >= 4 is 17.5 Å². The third-order valence-electron chi connectivity index (χ3n) is 0.888. The van der Waals surface area contributed by atoms with Gasteiger partial charge in [-0.2, -0.15) is 4.79 Å². The Bertz CT molecular complexity index is 211. The Morgan fingerprint density at radius 1 is 1.45 bits per heavy atom. The van der Waals surface area contributed by atoms with Crippen LogP contribution in [-0.2, 0) is 9.59 Å². The maximum Gasteiger partial charge on any atom is 0.444 e. The standard InChI is InChI=1S/C4H7N5O2/c1-7-3(10)2(8-5)4(11)9-6/h6H2,1H3,(H,7,10)(H,9,11). The SMILES string of the molecule is CNC(=O)C(=[N+]=[N-])C(=O)NN. The number of carbonyl (C=O) groups is 2. The van der Waals surface area contributed by atoms with Gasteiger partial charge >= 0.3 is 17.5 Å². The molecule has 60 valence electrons. The van der Waals surface area contributed by atoms with Crippen molar-refractivity contribution in [3.05, 3.63) is 5.53 Å². The van der Waals surface area contributed by atoms with Crippen LogP contribution in [0.25, 0.3) is 5.53 Å². The Balaban J connectivity index is 4.57. The number of hydrazine groups is 1. The molecule has 0 aliphatic heterocycles. The minimum absolute atomic E-state index is 0.685. The van der Waals surface area contributed by atoms with Crippen molar-refractivity contribution in [2.24, 2.45) is 5.84 Å². The van der Waals surface area contributed by atoms with Crippen LogP contribution in [0.4, 0.5) is 0 Å². The first-order chi connectivity index (χ1) is 5.17. The molecule has 0 aromatic heterocycles. The van der Waals surface area contributed by atoms with E-state index in [0.717, 1.165) is 0 Å². The first-order valence-corrected chi connectivity index (χ1v) is 2.62. The van der Waals surface area contributed by atoms with E-state index in [4.69, 9.17) is 5.53 Å². The van der Waals surface area contributed by atoms with E-state index in [1.165, 1.54) is 7.05 Å². The minimum atomic E-state index is -0.952. The average Bonchev–Trinajstić information content (AvgIpc) is 2.05. The van der Waals surface area contributed by atoms with Crippen LogP contribution < -0.4 is 16.6 Å². The smallest absolute Gasteiger partial charge is 0.360 e. The summed E-state index contributed by atoms with van der Waals surface area (Å²) in [6.45, 7) is 0. The molecule has 0 spiro atoms. The van der Waals surface area contributed by atoms with Crippen LogP contribution in [0, 0.1) is 0 Å². The summed E-state index contributed by atoms with van der Waals surface area (Å²) in [6, 6.07) is 0. The normalized spacial score (nSPS) is 7.82. The molecule has 0 fully saturated rings. The van der Waals surface area contributed by atoms with E-state index in [0.29, 0.717) is 0 Å². The summed E-state index contributed by atoms with van der Waals surface area (Å²) in [5.41, 5.74) is 9.10. The van der Waals surface area contributed by atoms with Gasteiger partial charge in [0.05, 0.1) is 0 Å². The topological polar surface area (TPSA) is 121 Å². The monoisotopic (exact) mass is 157 g/mol. The van der Waals surface area contributed by atoms with Gasteiger partial charge in [-0.3, -0.25) is 15.0 Å². The number of carbonyl (C=O) groups excluding carboxylic acids is 2. The molecule has 0 saturated heterocycles. The van der Waals surface area contributed by atoms with Crippen LogP contribution in [0.1, 0.15) is 0 Å². The highest BCUT2D eigenvalue weighted by Gasteiger charge is 2.27. The van der Waals surface area contributed by atoms with Crippen molar-refractivity contribution in [3.8, 4) is 0 Å². The van der Waals surface area contributed by atoms with Crippen LogP contribution in [0.2, 0.25) is 0 Å². The average molecular weight is 157 g/mol. The molecular formula is C4H7N5O2. The van der Waals surface area contributed by atoms with Gasteiger partial charge < -0.3 is 10.8 Å². The van der Waals surface area contributed by atoms with E-state index in [9.17, 15) is 9.59 Å². The molecule has 0 atom stereocenters. The van der Waals surface area contributed by atoms with E-state index >= 15 is 0 Å². The zero-order valence-electron chi connectivity index (χ0n) is 5.79. The number of hydrogen-bond acceptors (Lipinski definition) is 3. The zero-order valence-corrected chi connectivity index (χ0v) is 5.79. The lowest BCUT2D eigenvalue weighted by atomic mass is 10.3. The second-order valence-electron chi connectivity index (χ2n) is 1.50. The molecule has 0 aromatic rings. The van der Waals surface area contributed by atoms with Crippen molar-refractivity contribution in [2.45, 2.75) is 0 Å². The fourth-order valence-corrected chi connectivity index (χ4v) is 0.381. The molecule has 0 aliphatic rings. The summed E-state index contributed by atoms with van der Waals surface area (Å²) in [4.78, 5) is 23.6. The Hall–Kier alpha value is -1.72. The van der Waals surface area contributed by atoms with E-state index in [1.54, 1.807) is 5.43 Å². The number of rotatable bonds is 2. The minimum Gasteiger partial charge on any atom is -0.360 e. The molecule has 0 aliphatic carbocycles. The highest BCUT2D eigenvalue weighted by molar-refractivity contribution is 6.62. The van der Waals surface area contributed by atoms with E-state index in [2.05, 4.69) is 15.9 Å². The van der Waals surface area contributed by atoms with Gasteiger partial charge in [-0.15, -0.1) is 0 Å². The quantitative estimate of drug-likeness (QED) is 0.0774. The molecule has 7 nitrogen and oxygen atoms in total. The fraction of sp³-hybridized carbons (Fsp3) is 0.250. The second-order valence-corrected chi connectivity index (χ2v) is 1.50. The van der Waals surface area contributed by atoms with Crippen LogP contribution >= 0.6 is 0 Å². The van der Waals surface area contributed by atoms with Gasteiger partial charge in [-0.25, -0.2) is 5.84 Å². The summed E-state index contributed by atoms with van der Waals surface area (Å²) in [7, 11) is 1.29. The third kappa shape index (κ3) is 2.17. The highest BCUT2D eigenvalue weighted by atomic mass is 16.2. The molecule has 0 unspecified atom stereocenters. The van der Waals surface area contributed by atoms with Crippen molar-refractivity contribution in [2.75, 3.05) is 7.05 Å². The van der Waals surface area contributed by atoms with Gasteiger partial charge in [0.2, 0.25) is 0 Å². The van der Waals surface area contributed by atoms with Gasteiger partial charge in [0.25, 0.3) is 0 Å². The Morgan fingerprint density at radius 3 is 2.27 bits per heavy atom. The van der Waals surface area contributed by atoms with Crippen LogP contribution in [0.15, 0.2) is 0 Å². The number of hydrogen-bond donors (Lipinski definition) is 3. The van der Waals surface area contributed by atoms with E-state index in [1.807, 2.05) is 0 Å². The van der Waals surface area contributed by atoms with Crippen LogP contribution in [0.5, 0.6) is 0 Å². The lowest BCUT2D eigenvalue weighted by molar-refractivity contribution is -0.126.